The van der Waals surface area contributed by atoms with Crippen molar-refractivity contribution in [3.8, 4) is 0 Å². The van der Waals surface area contributed by atoms with E-state index in [1.54, 1.807) is 10.4 Å². The standard InChI is InChI=1S/C16H28N2S/c1-5-8-17-11-16(3,4)12-18-9-6-15-14(13(18)2)7-10-19-15/h7,10,13,17H,5-6,8-9,11-12H2,1-4H3. The summed E-state index contributed by atoms with van der Waals surface area (Å²) in [6.45, 7) is 14.0. The predicted molar refractivity (Wildman–Crippen MR) is 85.0 cm³/mol. The zero-order valence-corrected chi connectivity index (χ0v) is 13.6. The predicted octanol–water partition coefficient (Wildman–Crippen LogP) is 3.69. The molecule has 2 rings (SSSR count). The van der Waals surface area contributed by atoms with Crippen LogP contribution in [0.2, 0.25) is 0 Å². The molecule has 0 saturated heterocycles. The summed E-state index contributed by atoms with van der Waals surface area (Å²) in [6, 6.07) is 2.90. The zero-order valence-electron chi connectivity index (χ0n) is 12.8. The minimum Gasteiger partial charge on any atom is -0.316 e. The summed E-state index contributed by atoms with van der Waals surface area (Å²) in [6.07, 6.45) is 2.45. The molecule has 0 aromatic carbocycles. The largest absolute Gasteiger partial charge is 0.316 e. The molecule has 0 fully saturated rings. The van der Waals surface area contributed by atoms with E-state index in [-0.39, 0.29) is 0 Å². The van der Waals surface area contributed by atoms with E-state index in [1.807, 2.05) is 11.3 Å². The Bertz CT molecular complexity index is 397. The second-order valence-corrected chi connectivity index (χ2v) is 7.54. The molecule has 1 aromatic rings. The Hall–Kier alpha value is -0.380. The van der Waals surface area contributed by atoms with Gasteiger partial charge in [0.15, 0.2) is 0 Å². The highest BCUT2D eigenvalue weighted by molar-refractivity contribution is 7.10. The van der Waals surface area contributed by atoms with Crippen molar-refractivity contribution in [2.24, 2.45) is 5.41 Å². The highest BCUT2D eigenvalue weighted by Gasteiger charge is 2.29. The molecule has 1 aliphatic rings. The van der Waals surface area contributed by atoms with Crippen LogP contribution in [0.3, 0.4) is 0 Å². The molecule has 1 unspecified atom stereocenters. The Balaban J connectivity index is 1.93. The first-order chi connectivity index (χ1) is 9.03. The van der Waals surface area contributed by atoms with Gasteiger partial charge in [-0.3, -0.25) is 4.90 Å². The molecule has 19 heavy (non-hydrogen) atoms. The normalized spacial score (nSPS) is 20.5. The lowest BCUT2D eigenvalue weighted by Crippen LogP contribution is -2.43. The fourth-order valence-corrected chi connectivity index (χ4v) is 3.95. The fraction of sp³-hybridized carbons (Fsp3) is 0.750. The second-order valence-electron chi connectivity index (χ2n) is 6.54. The Morgan fingerprint density at radius 3 is 3.00 bits per heavy atom. The van der Waals surface area contributed by atoms with Gasteiger partial charge in [0.05, 0.1) is 0 Å². The summed E-state index contributed by atoms with van der Waals surface area (Å²) < 4.78 is 0. The Morgan fingerprint density at radius 1 is 1.47 bits per heavy atom. The summed E-state index contributed by atoms with van der Waals surface area (Å²) in [7, 11) is 0. The molecule has 1 aromatic heterocycles. The lowest BCUT2D eigenvalue weighted by atomic mass is 9.90. The first-order valence-corrected chi connectivity index (χ1v) is 8.42. The molecule has 3 heteroatoms. The minimum absolute atomic E-state index is 0.344. The Kier molecular flexibility index (Phi) is 5.04. The molecule has 0 saturated carbocycles. The first-order valence-electron chi connectivity index (χ1n) is 7.54. The molecule has 0 radical (unpaired) electrons. The van der Waals surface area contributed by atoms with Crippen LogP contribution >= 0.6 is 11.3 Å². The number of hydrogen-bond donors (Lipinski definition) is 1. The summed E-state index contributed by atoms with van der Waals surface area (Å²) >= 11 is 1.93. The van der Waals surface area contributed by atoms with Crippen molar-refractivity contribution in [1.82, 2.24) is 10.2 Å². The molecule has 0 amide bonds. The van der Waals surface area contributed by atoms with E-state index in [0.29, 0.717) is 11.5 Å². The molecule has 2 heterocycles. The van der Waals surface area contributed by atoms with Crippen LogP contribution < -0.4 is 5.32 Å². The van der Waals surface area contributed by atoms with Crippen LogP contribution in [0.1, 0.15) is 50.6 Å². The third kappa shape index (κ3) is 3.80. The topological polar surface area (TPSA) is 15.3 Å². The van der Waals surface area contributed by atoms with Gasteiger partial charge in [-0.1, -0.05) is 20.8 Å². The summed E-state index contributed by atoms with van der Waals surface area (Å²) in [5, 5.41) is 5.82. The lowest BCUT2D eigenvalue weighted by molar-refractivity contribution is 0.128. The van der Waals surface area contributed by atoms with Gasteiger partial charge in [-0.25, -0.2) is 0 Å². The summed E-state index contributed by atoms with van der Waals surface area (Å²) in [5.41, 5.74) is 1.91. The SMILES string of the molecule is CCCNCC(C)(C)CN1CCc2sccc2C1C. The maximum Gasteiger partial charge on any atom is 0.0331 e. The molecule has 0 aliphatic carbocycles. The van der Waals surface area contributed by atoms with E-state index in [2.05, 4.69) is 49.4 Å². The number of fused-ring (bicyclic) bond motifs is 1. The maximum absolute atomic E-state index is 3.57. The molecule has 0 spiro atoms. The quantitative estimate of drug-likeness (QED) is 0.799. The molecule has 1 atom stereocenters. The van der Waals surface area contributed by atoms with Gasteiger partial charge in [0.2, 0.25) is 0 Å². The molecule has 2 nitrogen and oxygen atoms in total. The van der Waals surface area contributed by atoms with Crippen LogP contribution in [0.25, 0.3) is 0 Å². The van der Waals surface area contributed by atoms with Crippen LogP contribution in [0, 0.1) is 5.41 Å². The molecule has 0 bridgehead atoms. The monoisotopic (exact) mass is 280 g/mol. The average molecular weight is 280 g/mol. The number of nitrogens with one attached hydrogen (secondary N) is 1. The molecule has 1 aliphatic heterocycles. The highest BCUT2D eigenvalue weighted by Crippen LogP contribution is 2.34. The van der Waals surface area contributed by atoms with Gasteiger partial charge in [-0.05, 0) is 48.7 Å². The minimum atomic E-state index is 0.344. The van der Waals surface area contributed by atoms with Crippen molar-refractivity contribution in [2.75, 3.05) is 26.2 Å². The number of rotatable bonds is 6. The van der Waals surface area contributed by atoms with Crippen LogP contribution in [0.15, 0.2) is 11.4 Å². The van der Waals surface area contributed by atoms with Crippen LogP contribution in [0.5, 0.6) is 0 Å². The lowest BCUT2D eigenvalue weighted by Gasteiger charge is -2.39. The van der Waals surface area contributed by atoms with Gasteiger partial charge in [0, 0.05) is 30.6 Å². The smallest absolute Gasteiger partial charge is 0.0331 e. The molecular weight excluding hydrogens is 252 g/mol. The van der Waals surface area contributed by atoms with Gasteiger partial charge >= 0.3 is 0 Å². The van der Waals surface area contributed by atoms with Crippen molar-refractivity contribution >= 4 is 11.3 Å². The van der Waals surface area contributed by atoms with E-state index in [9.17, 15) is 0 Å². The van der Waals surface area contributed by atoms with Gasteiger partial charge < -0.3 is 5.32 Å². The zero-order chi connectivity index (χ0) is 13.9. The third-order valence-corrected chi connectivity index (χ3v) is 5.06. The average Bonchev–Trinajstić information content (AvgIpc) is 2.82. The Morgan fingerprint density at radius 2 is 2.26 bits per heavy atom. The van der Waals surface area contributed by atoms with E-state index in [4.69, 9.17) is 0 Å². The maximum atomic E-state index is 3.57. The summed E-state index contributed by atoms with van der Waals surface area (Å²) in [4.78, 5) is 4.26. The molecule has 1 N–H and O–H groups in total. The van der Waals surface area contributed by atoms with Crippen molar-refractivity contribution in [3.05, 3.63) is 21.9 Å². The van der Waals surface area contributed by atoms with Crippen molar-refractivity contribution < 1.29 is 0 Å². The van der Waals surface area contributed by atoms with Crippen molar-refractivity contribution in [2.45, 2.75) is 46.6 Å². The highest BCUT2D eigenvalue weighted by atomic mass is 32.1. The third-order valence-electron chi connectivity index (χ3n) is 4.07. The number of nitrogens with zero attached hydrogens (tertiary/aromatic N) is 1. The van der Waals surface area contributed by atoms with Gasteiger partial charge in [0.1, 0.15) is 0 Å². The first kappa shape index (κ1) is 15.0. The molecule has 108 valence electrons. The van der Waals surface area contributed by atoms with Gasteiger partial charge in [0.25, 0.3) is 0 Å². The van der Waals surface area contributed by atoms with Gasteiger partial charge in [-0.2, -0.15) is 0 Å². The van der Waals surface area contributed by atoms with E-state index in [1.165, 1.54) is 25.9 Å². The van der Waals surface area contributed by atoms with Crippen LogP contribution in [0.4, 0.5) is 0 Å². The van der Waals surface area contributed by atoms with E-state index < -0.39 is 0 Å². The van der Waals surface area contributed by atoms with Crippen molar-refractivity contribution in [1.29, 1.82) is 0 Å². The van der Waals surface area contributed by atoms with Gasteiger partial charge in [-0.15, -0.1) is 11.3 Å². The number of thiophene rings is 1. The fourth-order valence-electron chi connectivity index (χ4n) is 2.99. The molecular formula is C16H28N2S. The summed E-state index contributed by atoms with van der Waals surface area (Å²) in [5.74, 6) is 0. The van der Waals surface area contributed by atoms with E-state index >= 15 is 0 Å². The van der Waals surface area contributed by atoms with Crippen LogP contribution in [-0.4, -0.2) is 31.1 Å². The van der Waals surface area contributed by atoms with E-state index in [0.717, 1.165) is 13.1 Å². The number of hydrogen-bond acceptors (Lipinski definition) is 3. The second kappa shape index (κ2) is 6.38. The Labute approximate surface area is 122 Å². The van der Waals surface area contributed by atoms with Crippen LogP contribution in [-0.2, 0) is 6.42 Å². The van der Waals surface area contributed by atoms with Crippen molar-refractivity contribution in [3.63, 3.8) is 0 Å².